The first kappa shape index (κ1) is 11.0. The molecule has 1 aromatic carbocycles. The second kappa shape index (κ2) is 4.57. The molecule has 0 bridgehead atoms. The Hall–Kier alpha value is -1.49. The largest absolute Gasteiger partial charge is 0.339 e. The lowest BCUT2D eigenvalue weighted by Crippen LogP contribution is -1.97. The lowest BCUT2D eigenvalue weighted by Gasteiger charge is -2.09. The molecule has 1 N–H and O–H groups in total. The Balaban J connectivity index is 2.31. The van der Waals surface area contributed by atoms with Crippen molar-refractivity contribution in [2.24, 2.45) is 0 Å². The van der Waals surface area contributed by atoms with Crippen LogP contribution >= 0.6 is 15.9 Å². The number of nitrogens with one attached hydrogen (secondary N) is 1. The molecule has 2 rings (SSSR count). The summed E-state index contributed by atoms with van der Waals surface area (Å²) < 4.78 is 13.7. The molecule has 5 heteroatoms. The third-order valence-corrected chi connectivity index (χ3v) is 2.69. The number of aryl methyl sites for hydroxylation is 1. The van der Waals surface area contributed by atoms with Gasteiger partial charge in [-0.15, -0.1) is 0 Å². The van der Waals surface area contributed by atoms with Gasteiger partial charge in [-0.2, -0.15) is 0 Å². The van der Waals surface area contributed by atoms with Crippen LogP contribution in [0.1, 0.15) is 5.56 Å². The van der Waals surface area contributed by atoms with E-state index in [4.69, 9.17) is 0 Å². The van der Waals surface area contributed by atoms with Crippen molar-refractivity contribution in [3.63, 3.8) is 0 Å². The molecule has 0 atom stereocenters. The first-order chi connectivity index (χ1) is 7.66. The molecule has 0 saturated heterocycles. The van der Waals surface area contributed by atoms with Gasteiger partial charge in [-0.05, 0) is 46.6 Å². The van der Waals surface area contributed by atoms with Gasteiger partial charge in [0.15, 0.2) is 0 Å². The van der Waals surface area contributed by atoms with E-state index in [0.717, 1.165) is 15.7 Å². The minimum Gasteiger partial charge on any atom is -0.339 e. The van der Waals surface area contributed by atoms with Crippen molar-refractivity contribution in [2.75, 3.05) is 5.32 Å². The Morgan fingerprint density at radius 3 is 2.88 bits per heavy atom. The summed E-state index contributed by atoms with van der Waals surface area (Å²) in [6.45, 7) is 1.83. The number of hydrogen-bond acceptors (Lipinski definition) is 3. The summed E-state index contributed by atoms with van der Waals surface area (Å²) in [5.74, 6) is 0.412. The van der Waals surface area contributed by atoms with Crippen LogP contribution in [0.3, 0.4) is 0 Å². The maximum absolute atomic E-state index is 12.9. The first-order valence-electron chi connectivity index (χ1n) is 4.65. The van der Waals surface area contributed by atoms with Crippen LogP contribution in [-0.4, -0.2) is 9.97 Å². The zero-order valence-corrected chi connectivity index (χ0v) is 10.1. The van der Waals surface area contributed by atoms with Crippen molar-refractivity contribution >= 4 is 27.4 Å². The van der Waals surface area contributed by atoms with Crippen LogP contribution in [0.25, 0.3) is 0 Å². The van der Waals surface area contributed by atoms with E-state index in [1.807, 2.05) is 6.92 Å². The maximum atomic E-state index is 12.9. The van der Waals surface area contributed by atoms with Gasteiger partial charge in [0, 0.05) is 11.9 Å². The number of hydrogen-bond donors (Lipinski definition) is 1. The Morgan fingerprint density at radius 1 is 1.38 bits per heavy atom. The summed E-state index contributed by atoms with van der Waals surface area (Å²) in [5.41, 5.74) is 1.64. The molecule has 0 spiro atoms. The highest BCUT2D eigenvalue weighted by Crippen LogP contribution is 2.24. The van der Waals surface area contributed by atoms with E-state index < -0.39 is 0 Å². The number of aromatic nitrogens is 2. The predicted octanol–water partition coefficient (Wildman–Crippen LogP) is 3.43. The average molecular weight is 282 g/mol. The van der Waals surface area contributed by atoms with Crippen molar-refractivity contribution < 1.29 is 4.39 Å². The molecule has 0 aliphatic heterocycles. The molecule has 0 amide bonds. The van der Waals surface area contributed by atoms with Gasteiger partial charge in [-0.3, -0.25) is 0 Å². The van der Waals surface area contributed by atoms with E-state index in [-0.39, 0.29) is 5.82 Å². The van der Waals surface area contributed by atoms with Crippen molar-refractivity contribution in [3.05, 3.63) is 46.6 Å². The highest BCUT2D eigenvalue weighted by molar-refractivity contribution is 9.10. The Labute approximate surface area is 101 Å². The van der Waals surface area contributed by atoms with Gasteiger partial charge < -0.3 is 5.32 Å². The van der Waals surface area contributed by atoms with Gasteiger partial charge in [-0.25, -0.2) is 14.4 Å². The van der Waals surface area contributed by atoms with Gasteiger partial charge in [0.1, 0.15) is 18.0 Å². The number of halogens is 2. The van der Waals surface area contributed by atoms with E-state index in [1.165, 1.54) is 18.5 Å². The minimum absolute atomic E-state index is 0.246. The molecule has 1 aromatic heterocycles. The fraction of sp³-hybridized carbons (Fsp3) is 0.0909. The molecular formula is C11H9BrFN3. The SMILES string of the molecule is Cc1cc(F)ccc1Nc1ncncc1Br. The molecule has 0 aliphatic rings. The smallest absolute Gasteiger partial charge is 0.148 e. The van der Waals surface area contributed by atoms with E-state index in [1.54, 1.807) is 12.3 Å². The normalized spacial score (nSPS) is 10.2. The second-order valence-corrected chi connectivity index (χ2v) is 4.16. The van der Waals surface area contributed by atoms with Crippen molar-refractivity contribution in [1.29, 1.82) is 0 Å². The molecule has 0 aliphatic carbocycles. The first-order valence-corrected chi connectivity index (χ1v) is 5.45. The third kappa shape index (κ3) is 2.36. The van der Waals surface area contributed by atoms with E-state index in [0.29, 0.717) is 5.82 Å². The van der Waals surface area contributed by atoms with E-state index in [2.05, 4.69) is 31.2 Å². The number of benzene rings is 1. The molecule has 0 saturated carbocycles. The van der Waals surface area contributed by atoms with Crippen LogP contribution in [0.5, 0.6) is 0 Å². The number of anilines is 2. The third-order valence-electron chi connectivity index (χ3n) is 2.11. The summed E-state index contributed by atoms with van der Waals surface area (Å²) >= 11 is 3.33. The van der Waals surface area contributed by atoms with Crippen LogP contribution in [0.2, 0.25) is 0 Å². The van der Waals surface area contributed by atoms with E-state index in [9.17, 15) is 4.39 Å². The summed E-state index contributed by atoms with van der Waals surface area (Å²) in [7, 11) is 0. The summed E-state index contributed by atoms with van der Waals surface area (Å²) in [6.07, 6.45) is 3.10. The highest BCUT2D eigenvalue weighted by Gasteiger charge is 2.04. The van der Waals surface area contributed by atoms with Crippen LogP contribution < -0.4 is 5.32 Å². The van der Waals surface area contributed by atoms with Gasteiger partial charge in [0.05, 0.1) is 4.47 Å². The molecule has 0 fully saturated rings. The molecule has 1 heterocycles. The summed E-state index contributed by atoms with van der Waals surface area (Å²) in [4.78, 5) is 7.94. The topological polar surface area (TPSA) is 37.8 Å². The fourth-order valence-corrected chi connectivity index (χ4v) is 1.62. The average Bonchev–Trinajstić information content (AvgIpc) is 2.25. The zero-order valence-electron chi connectivity index (χ0n) is 8.54. The quantitative estimate of drug-likeness (QED) is 0.917. The molecule has 16 heavy (non-hydrogen) atoms. The molecule has 0 unspecified atom stereocenters. The lowest BCUT2D eigenvalue weighted by atomic mass is 10.2. The fourth-order valence-electron chi connectivity index (χ4n) is 1.30. The number of rotatable bonds is 2. The summed E-state index contributed by atoms with van der Waals surface area (Å²) in [5, 5.41) is 3.10. The highest BCUT2D eigenvalue weighted by atomic mass is 79.9. The Kier molecular flexibility index (Phi) is 3.14. The van der Waals surface area contributed by atoms with Crippen LogP contribution in [0.4, 0.5) is 15.9 Å². The van der Waals surface area contributed by atoms with Crippen LogP contribution in [0.15, 0.2) is 35.2 Å². The predicted molar refractivity (Wildman–Crippen MR) is 64.2 cm³/mol. The molecular weight excluding hydrogens is 273 g/mol. The number of nitrogens with zero attached hydrogens (tertiary/aromatic N) is 2. The lowest BCUT2D eigenvalue weighted by molar-refractivity contribution is 0.627. The maximum Gasteiger partial charge on any atom is 0.148 e. The van der Waals surface area contributed by atoms with E-state index >= 15 is 0 Å². The standard InChI is InChI=1S/C11H9BrFN3/c1-7-4-8(13)2-3-10(7)16-11-9(12)5-14-6-15-11/h2-6H,1H3,(H,14,15,16). The molecule has 2 aromatic rings. The van der Waals surface area contributed by atoms with Gasteiger partial charge >= 0.3 is 0 Å². The minimum atomic E-state index is -0.246. The van der Waals surface area contributed by atoms with Crippen molar-refractivity contribution in [3.8, 4) is 0 Å². The summed E-state index contributed by atoms with van der Waals surface area (Å²) in [6, 6.07) is 4.56. The second-order valence-electron chi connectivity index (χ2n) is 3.30. The van der Waals surface area contributed by atoms with Crippen molar-refractivity contribution in [1.82, 2.24) is 9.97 Å². The Bertz CT molecular complexity index is 516. The van der Waals surface area contributed by atoms with Gasteiger partial charge in [0.25, 0.3) is 0 Å². The van der Waals surface area contributed by atoms with Crippen LogP contribution in [0, 0.1) is 12.7 Å². The monoisotopic (exact) mass is 281 g/mol. The molecule has 3 nitrogen and oxygen atoms in total. The van der Waals surface area contributed by atoms with Gasteiger partial charge in [0.2, 0.25) is 0 Å². The van der Waals surface area contributed by atoms with Crippen molar-refractivity contribution in [2.45, 2.75) is 6.92 Å². The Morgan fingerprint density at radius 2 is 2.19 bits per heavy atom. The van der Waals surface area contributed by atoms with Gasteiger partial charge in [-0.1, -0.05) is 0 Å². The van der Waals surface area contributed by atoms with Crippen LogP contribution in [-0.2, 0) is 0 Å². The molecule has 0 radical (unpaired) electrons. The molecule has 82 valence electrons. The zero-order chi connectivity index (χ0) is 11.5.